The van der Waals surface area contributed by atoms with E-state index in [9.17, 15) is 0 Å². The topological polar surface area (TPSA) is 39.7 Å². The lowest BCUT2D eigenvalue weighted by Gasteiger charge is -2.30. The molecule has 1 aromatic carbocycles. The van der Waals surface area contributed by atoms with E-state index in [0.717, 1.165) is 36.2 Å². The maximum atomic E-state index is 6.18. The minimum Gasteiger partial charge on any atom is -0.357 e. The Hall–Kier alpha value is -0.530. The van der Waals surface area contributed by atoms with Crippen molar-refractivity contribution in [2.75, 3.05) is 33.2 Å². The first-order valence-electron chi connectivity index (χ1n) is 8.13. The summed E-state index contributed by atoms with van der Waals surface area (Å²) in [5.74, 6) is 1.57. The van der Waals surface area contributed by atoms with Crippen LogP contribution in [0.2, 0.25) is 5.02 Å². The summed E-state index contributed by atoms with van der Waals surface area (Å²) in [7, 11) is 2.20. The largest absolute Gasteiger partial charge is 0.357 e. The van der Waals surface area contributed by atoms with E-state index in [4.69, 9.17) is 11.6 Å². The molecule has 1 heterocycles. The van der Waals surface area contributed by atoms with E-state index < -0.39 is 0 Å². The summed E-state index contributed by atoms with van der Waals surface area (Å²) in [6, 6.07) is 7.86. The summed E-state index contributed by atoms with van der Waals surface area (Å²) < 4.78 is 0. The predicted molar refractivity (Wildman–Crippen MR) is 110 cm³/mol. The lowest BCUT2D eigenvalue weighted by molar-refractivity contribution is 0.210. The Morgan fingerprint density at radius 1 is 1.35 bits per heavy atom. The molecule has 130 valence electrons. The van der Waals surface area contributed by atoms with Crippen LogP contribution in [0.5, 0.6) is 0 Å². The number of rotatable bonds is 5. The Kier molecular flexibility index (Phi) is 9.90. The molecule has 1 aliphatic rings. The Labute approximate surface area is 162 Å². The molecule has 1 unspecified atom stereocenters. The number of nitrogens with zero attached hydrogens (tertiary/aromatic N) is 2. The molecule has 1 aliphatic heterocycles. The maximum absolute atomic E-state index is 6.18. The number of halogens is 2. The molecular formula is C17H28ClIN4. The molecule has 1 saturated heterocycles. The number of nitrogens with one attached hydrogen (secondary N) is 2. The molecule has 0 amide bonds. The van der Waals surface area contributed by atoms with Crippen molar-refractivity contribution in [2.45, 2.75) is 26.3 Å². The van der Waals surface area contributed by atoms with Gasteiger partial charge in [0.1, 0.15) is 0 Å². The first-order chi connectivity index (χ1) is 10.7. The van der Waals surface area contributed by atoms with Crippen LogP contribution in [0.15, 0.2) is 29.3 Å². The average molecular weight is 451 g/mol. The van der Waals surface area contributed by atoms with Crippen molar-refractivity contribution < 1.29 is 0 Å². The number of benzene rings is 1. The molecule has 1 atom stereocenters. The first kappa shape index (κ1) is 20.5. The number of guanidine groups is 1. The minimum atomic E-state index is 0. The van der Waals surface area contributed by atoms with Gasteiger partial charge in [-0.2, -0.15) is 0 Å². The molecule has 0 radical (unpaired) electrons. The molecule has 0 saturated carbocycles. The van der Waals surface area contributed by atoms with Gasteiger partial charge in [0, 0.05) is 24.7 Å². The molecular weight excluding hydrogens is 423 g/mol. The second-order valence-corrected chi connectivity index (χ2v) is 6.35. The number of likely N-dealkylation sites (tertiary alicyclic amines) is 1. The van der Waals surface area contributed by atoms with E-state index in [0.29, 0.717) is 12.5 Å². The van der Waals surface area contributed by atoms with Crippen LogP contribution >= 0.6 is 35.6 Å². The quantitative estimate of drug-likeness (QED) is 0.410. The Bertz CT molecular complexity index is 495. The zero-order valence-corrected chi connectivity index (χ0v) is 17.1. The molecule has 2 N–H and O–H groups in total. The standard InChI is InChI=1S/C17H27ClN4.HI/c1-3-19-17(20-11-14-7-6-10-22(2)13-14)21-12-15-8-4-5-9-16(15)18;/h4-5,8-9,14H,3,6-7,10-13H2,1-2H3,(H2,19,20,21);1H. The molecule has 1 fully saturated rings. The van der Waals surface area contributed by atoms with Crippen LogP contribution in [-0.4, -0.2) is 44.1 Å². The van der Waals surface area contributed by atoms with E-state index in [1.807, 2.05) is 24.3 Å². The summed E-state index contributed by atoms with van der Waals surface area (Å²) in [4.78, 5) is 7.05. The molecule has 6 heteroatoms. The van der Waals surface area contributed by atoms with E-state index in [-0.39, 0.29) is 24.0 Å². The lowest BCUT2D eigenvalue weighted by Crippen LogP contribution is -2.43. The maximum Gasteiger partial charge on any atom is 0.191 e. The van der Waals surface area contributed by atoms with Gasteiger partial charge in [-0.05, 0) is 50.9 Å². The van der Waals surface area contributed by atoms with Gasteiger partial charge in [-0.1, -0.05) is 29.8 Å². The van der Waals surface area contributed by atoms with E-state index >= 15 is 0 Å². The predicted octanol–water partition coefficient (Wildman–Crippen LogP) is 3.35. The minimum absolute atomic E-state index is 0. The highest BCUT2D eigenvalue weighted by molar-refractivity contribution is 14.0. The van der Waals surface area contributed by atoms with Gasteiger partial charge in [0.2, 0.25) is 0 Å². The van der Waals surface area contributed by atoms with Crippen LogP contribution in [0, 0.1) is 5.92 Å². The number of hydrogen-bond donors (Lipinski definition) is 2. The van der Waals surface area contributed by atoms with Crippen LogP contribution < -0.4 is 10.6 Å². The Balaban J connectivity index is 0.00000264. The van der Waals surface area contributed by atoms with Gasteiger partial charge in [-0.15, -0.1) is 24.0 Å². The number of aliphatic imine (C=N–C) groups is 1. The van der Waals surface area contributed by atoms with Crippen LogP contribution in [0.1, 0.15) is 25.3 Å². The van der Waals surface area contributed by atoms with Crippen molar-refractivity contribution in [2.24, 2.45) is 10.9 Å². The highest BCUT2D eigenvalue weighted by Crippen LogP contribution is 2.16. The molecule has 4 nitrogen and oxygen atoms in total. The van der Waals surface area contributed by atoms with Crippen LogP contribution in [0.4, 0.5) is 0 Å². The van der Waals surface area contributed by atoms with Gasteiger partial charge in [0.05, 0.1) is 6.54 Å². The third-order valence-corrected chi connectivity index (χ3v) is 4.36. The van der Waals surface area contributed by atoms with Crippen LogP contribution in [0.3, 0.4) is 0 Å². The van der Waals surface area contributed by atoms with E-state index in [2.05, 4.69) is 34.5 Å². The molecule has 0 spiro atoms. The second-order valence-electron chi connectivity index (χ2n) is 5.94. The first-order valence-corrected chi connectivity index (χ1v) is 8.51. The third-order valence-electron chi connectivity index (χ3n) is 3.99. The number of hydrogen-bond acceptors (Lipinski definition) is 2. The summed E-state index contributed by atoms with van der Waals surface area (Å²) in [5, 5.41) is 7.55. The molecule has 23 heavy (non-hydrogen) atoms. The van der Waals surface area contributed by atoms with E-state index in [1.54, 1.807) is 0 Å². The third kappa shape index (κ3) is 7.27. The molecule has 2 rings (SSSR count). The zero-order chi connectivity index (χ0) is 15.8. The van der Waals surface area contributed by atoms with Gasteiger partial charge in [-0.3, -0.25) is 0 Å². The van der Waals surface area contributed by atoms with Crippen molar-refractivity contribution in [1.29, 1.82) is 0 Å². The fourth-order valence-electron chi connectivity index (χ4n) is 2.81. The van der Waals surface area contributed by atoms with Gasteiger partial charge in [0.25, 0.3) is 0 Å². The summed E-state index contributed by atoms with van der Waals surface area (Å²) in [6.07, 6.45) is 2.58. The monoisotopic (exact) mass is 450 g/mol. The van der Waals surface area contributed by atoms with Crippen LogP contribution in [0.25, 0.3) is 0 Å². The lowest BCUT2D eigenvalue weighted by atomic mass is 9.99. The highest BCUT2D eigenvalue weighted by atomic mass is 127. The van der Waals surface area contributed by atoms with Gasteiger partial charge >= 0.3 is 0 Å². The fourth-order valence-corrected chi connectivity index (χ4v) is 3.01. The van der Waals surface area contributed by atoms with E-state index in [1.165, 1.54) is 19.4 Å². The van der Waals surface area contributed by atoms with Crippen molar-refractivity contribution >= 4 is 41.5 Å². The smallest absolute Gasteiger partial charge is 0.191 e. The van der Waals surface area contributed by atoms with Crippen molar-refractivity contribution in [1.82, 2.24) is 15.5 Å². The Morgan fingerprint density at radius 2 is 2.13 bits per heavy atom. The van der Waals surface area contributed by atoms with Crippen molar-refractivity contribution in [3.05, 3.63) is 34.9 Å². The van der Waals surface area contributed by atoms with Gasteiger partial charge in [-0.25, -0.2) is 4.99 Å². The fraction of sp³-hybridized carbons (Fsp3) is 0.588. The molecule has 0 bridgehead atoms. The highest BCUT2D eigenvalue weighted by Gasteiger charge is 2.17. The average Bonchev–Trinajstić information content (AvgIpc) is 2.51. The molecule has 0 aliphatic carbocycles. The van der Waals surface area contributed by atoms with Crippen molar-refractivity contribution in [3.63, 3.8) is 0 Å². The Morgan fingerprint density at radius 3 is 2.83 bits per heavy atom. The molecule has 1 aromatic rings. The normalized spacial score (nSPS) is 19.1. The van der Waals surface area contributed by atoms with Gasteiger partial charge < -0.3 is 15.5 Å². The summed E-state index contributed by atoms with van der Waals surface area (Å²) in [5.41, 5.74) is 1.05. The van der Waals surface area contributed by atoms with Gasteiger partial charge in [0.15, 0.2) is 5.96 Å². The van der Waals surface area contributed by atoms with Crippen LogP contribution in [-0.2, 0) is 6.54 Å². The summed E-state index contributed by atoms with van der Waals surface area (Å²) in [6.45, 7) is 6.90. The zero-order valence-electron chi connectivity index (χ0n) is 14.0. The summed E-state index contributed by atoms with van der Waals surface area (Å²) >= 11 is 6.18. The molecule has 0 aromatic heterocycles. The second kappa shape index (κ2) is 11.1. The number of piperidine rings is 1. The SMILES string of the molecule is CCNC(=NCc1ccccc1Cl)NCC1CCCN(C)C1.I. The van der Waals surface area contributed by atoms with Crippen molar-refractivity contribution in [3.8, 4) is 0 Å².